The van der Waals surface area contributed by atoms with Gasteiger partial charge in [0.1, 0.15) is 10.8 Å². The summed E-state index contributed by atoms with van der Waals surface area (Å²) in [7, 11) is 0. The number of furan rings is 1. The number of nitrogens with zero attached hydrogens (tertiary/aromatic N) is 2. The molecule has 1 saturated heterocycles. The largest absolute Gasteiger partial charge is 0.469 e. The van der Waals surface area contributed by atoms with E-state index in [-0.39, 0.29) is 0 Å². The zero-order valence-electron chi connectivity index (χ0n) is 14.7. The molecule has 1 fully saturated rings. The highest BCUT2D eigenvalue weighted by Gasteiger charge is 2.15. The van der Waals surface area contributed by atoms with E-state index in [2.05, 4.69) is 22.5 Å². The van der Waals surface area contributed by atoms with Crippen LogP contribution in [0.15, 0.2) is 34.0 Å². The van der Waals surface area contributed by atoms with Crippen LogP contribution in [0.5, 0.6) is 0 Å². The molecule has 1 aliphatic heterocycles. The lowest BCUT2D eigenvalue weighted by atomic mass is 10.1. The molecule has 0 amide bonds. The van der Waals surface area contributed by atoms with Gasteiger partial charge in [0.2, 0.25) is 0 Å². The monoisotopic (exact) mass is 362 g/mol. The van der Waals surface area contributed by atoms with Crippen molar-refractivity contribution < 1.29 is 9.15 Å². The molecule has 1 unspecified atom stereocenters. The first-order valence-corrected chi connectivity index (χ1v) is 9.71. The number of aromatic nitrogens is 1. The van der Waals surface area contributed by atoms with Crippen molar-refractivity contribution in [1.29, 1.82) is 0 Å². The van der Waals surface area contributed by atoms with Crippen molar-refractivity contribution in [2.75, 3.05) is 26.3 Å². The van der Waals surface area contributed by atoms with Gasteiger partial charge in [0, 0.05) is 43.1 Å². The second kappa shape index (κ2) is 9.58. The number of hydrogen-bond donors (Lipinski definition) is 2. The first-order chi connectivity index (χ1) is 12.3. The van der Waals surface area contributed by atoms with Gasteiger partial charge in [0.15, 0.2) is 5.96 Å². The van der Waals surface area contributed by atoms with Gasteiger partial charge in [0.25, 0.3) is 0 Å². The molecule has 2 N–H and O–H groups in total. The first-order valence-electron chi connectivity index (χ1n) is 8.89. The fourth-order valence-corrected chi connectivity index (χ4v) is 3.44. The average molecular weight is 362 g/mol. The van der Waals surface area contributed by atoms with Gasteiger partial charge in [-0.2, -0.15) is 0 Å². The third kappa shape index (κ3) is 5.86. The van der Waals surface area contributed by atoms with Crippen LogP contribution in [0, 0.1) is 5.92 Å². The molecule has 0 spiro atoms. The number of ether oxygens (including phenoxy) is 1. The Morgan fingerprint density at radius 3 is 3.12 bits per heavy atom. The van der Waals surface area contributed by atoms with Crippen molar-refractivity contribution in [2.24, 2.45) is 10.9 Å². The quantitative estimate of drug-likeness (QED) is 0.558. The zero-order valence-corrected chi connectivity index (χ0v) is 15.5. The molecule has 25 heavy (non-hydrogen) atoms. The molecule has 0 aromatic carbocycles. The lowest BCUT2D eigenvalue weighted by Crippen LogP contribution is -2.40. The normalized spacial score (nSPS) is 17.8. The molecule has 3 heterocycles. The number of thiazole rings is 1. The second-order valence-corrected chi connectivity index (χ2v) is 7.31. The van der Waals surface area contributed by atoms with Crippen molar-refractivity contribution in [1.82, 2.24) is 15.6 Å². The second-order valence-electron chi connectivity index (χ2n) is 6.11. The molecule has 6 nitrogen and oxygen atoms in total. The van der Waals surface area contributed by atoms with Crippen LogP contribution < -0.4 is 10.6 Å². The molecule has 3 rings (SSSR count). The summed E-state index contributed by atoms with van der Waals surface area (Å²) in [6.07, 6.45) is 6.62. The molecule has 0 bridgehead atoms. The van der Waals surface area contributed by atoms with E-state index in [9.17, 15) is 0 Å². The fraction of sp³-hybridized carbons (Fsp3) is 0.556. The van der Waals surface area contributed by atoms with E-state index in [0.717, 1.165) is 62.3 Å². The summed E-state index contributed by atoms with van der Waals surface area (Å²) < 4.78 is 10.8. The van der Waals surface area contributed by atoms with Crippen molar-refractivity contribution in [2.45, 2.75) is 32.7 Å². The van der Waals surface area contributed by atoms with Crippen molar-refractivity contribution in [3.63, 3.8) is 0 Å². The predicted molar refractivity (Wildman–Crippen MR) is 100.0 cm³/mol. The van der Waals surface area contributed by atoms with Gasteiger partial charge in [-0.15, -0.1) is 11.3 Å². The van der Waals surface area contributed by atoms with Crippen LogP contribution in [0.2, 0.25) is 0 Å². The Labute approximate surface area is 152 Å². The number of aliphatic imine (C=N–C) groups is 1. The molecular formula is C18H26N4O2S. The van der Waals surface area contributed by atoms with Crippen molar-refractivity contribution in [3.8, 4) is 0 Å². The number of guanidine groups is 1. The summed E-state index contributed by atoms with van der Waals surface area (Å²) in [6, 6.07) is 3.90. The minimum Gasteiger partial charge on any atom is -0.469 e. The van der Waals surface area contributed by atoms with E-state index in [1.165, 1.54) is 4.88 Å². The number of nitrogens with one attached hydrogen (secondary N) is 2. The lowest BCUT2D eigenvalue weighted by Gasteiger charge is -2.14. The van der Waals surface area contributed by atoms with Gasteiger partial charge in [0.05, 0.1) is 19.4 Å². The Kier molecular flexibility index (Phi) is 6.88. The van der Waals surface area contributed by atoms with Gasteiger partial charge in [-0.05, 0) is 25.0 Å². The molecule has 1 atom stereocenters. The Hall–Kier alpha value is -1.86. The van der Waals surface area contributed by atoms with Gasteiger partial charge in [-0.3, -0.25) is 0 Å². The fourth-order valence-electron chi connectivity index (χ4n) is 2.65. The van der Waals surface area contributed by atoms with Gasteiger partial charge >= 0.3 is 0 Å². The highest BCUT2D eigenvalue weighted by atomic mass is 32.1. The molecule has 0 saturated carbocycles. The Bertz CT molecular complexity index is 648. The summed E-state index contributed by atoms with van der Waals surface area (Å²) in [5.74, 6) is 2.36. The highest BCUT2D eigenvalue weighted by molar-refractivity contribution is 7.11. The van der Waals surface area contributed by atoms with Gasteiger partial charge in [-0.1, -0.05) is 6.92 Å². The number of hydrogen-bond acceptors (Lipinski definition) is 5. The van der Waals surface area contributed by atoms with Crippen LogP contribution in [0.1, 0.15) is 29.0 Å². The van der Waals surface area contributed by atoms with E-state index in [0.29, 0.717) is 12.5 Å². The van der Waals surface area contributed by atoms with E-state index in [1.54, 1.807) is 17.6 Å². The number of aryl methyl sites for hydroxylation is 1. The van der Waals surface area contributed by atoms with Crippen LogP contribution in [0.25, 0.3) is 0 Å². The molecule has 7 heteroatoms. The zero-order chi connectivity index (χ0) is 17.3. The highest BCUT2D eigenvalue weighted by Crippen LogP contribution is 2.14. The van der Waals surface area contributed by atoms with E-state index in [4.69, 9.17) is 14.1 Å². The maximum absolute atomic E-state index is 5.44. The molecule has 1 aliphatic rings. The molecular weight excluding hydrogens is 336 g/mol. The van der Waals surface area contributed by atoms with Crippen molar-refractivity contribution >= 4 is 17.3 Å². The molecule has 0 radical (unpaired) electrons. The Balaban J connectivity index is 1.52. The summed E-state index contributed by atoms with van der Waals surface area (Å²) in [4.78, 5) is 10.4. The molecule has 0 aliphatic carbocycles. The Morgan fingerprint density at radius 2 is 2.40 bits per heavy atom. The van der Waals surface area contributed by atoms with Crippen LogP contribution in [-0.4, -0.2) is 37.2 Å². The molecule has 2 aromatic rings. The van der Waals surface area contributed by atoms with Crippen molar-refractivity contribution in [3.05, 3.63) is 40.2 Å². The lowest BCUT2D eigenvalue weighted by molar-refractivity contribution is 0.186. The minimum atomic E-state index is 0.559. The van der Waals surface area contributed by atoms with E-state index < -0.39 is 0 Å². The molecule has 136 valence electrons. The van der Waals surface area contributed by atoms with Crippen LogP contribution >= 0.6 is 11.3 Å². The van der Waals surface area contributed by atoms with Crippen LogP contribution in [0.4, 0.5) is 0 Å². The van der Waals surface area contributed by atoms with E-state index >= 15 is 0 Å². The van der Waals surface area contributed by atoms with Gasteiger partial charge in [-0.25, -0.2) is 9.98 Å². The maximum Gasteiger partial charge on any atom is 0.191 e. The predicted octanol–water partition coefficient (Wildman–Crippen LogP) is 2.61. The van der Waals surface area contributed by atoms with Gasteiger partial charge < -0.3 is 19.8 Å². The summed E-state index contributed by atoms with van der Waals surface area (Å²) in [6.45, 7) is 6.10. The number of rotatable bonds is 8. The standard InChI is InChI=1S/C18H26N4O2S/c1-2-16-11-20-17(25-16)12-22-18(21-10-14-6-9-23-13-14)19-7-5-15-4-3-8-24-15/h3-4,8,11,14H,2,5-7,9-10,12-13H2,1H3,(H2,19,21,22). The van der Waals surface area contributed by atoms with E-state index in [1.807, 2.05) is 18.3 Å². The summed E-state index contributed by atoms with van der Waals surface area (Å²) in [5.41, 5.74) is 0. The average Bonchev–Trinajstić information content (AvgIpc) is 3.39. The third-order valence-corrected chi connectivity index (χ3v) is 5.27. The molecule has 2 aromatic heterocycles. The maximum atomic E-state index is 5.44. The topological polar surface area (TPSA) is 71.7 Å². The summed E-state index contributed by atoms with van der Waals surface area (Å²) in [5, 5.41) is 7.88. The Morgan fingerprint density at radius 1 is 1.44 bits per heavy atom. The third-order valence-electron chi connectivity index (χ3n) is 4.15. The van der Waals surface area contributed by atoms with Crippen LogP contribution in [0.3, 0.4) is 0 Å². The smallest absolute Gasteiger partial charge is 0.191 e. The minimum absolute atomic E-state index is 0.559. The summed E-state index contributed by atoms with van der Waals surface area (Å²) >= 11 is 1.73. The SMILES string of the molecule is CCc1cnc(CN=C(NCCc2ccco2)NCC2CCOC2)s1. The van der Waals surface area contributed by atoms with Crippen LogP contribution in [-0.2, 0) is 24.1 Å². The first kappa shape index (κ1) is 17.9.